The second-order valence-corrected chi connectivity index (χ2v) is 4.73. The molecule has 1 atom stereocenters. The van der Waals surface area contributed by atoms with Crippen molar-refractivity contribution in [3.05, 3.63) is 24.3 Å². The Labute approximate surface area is 85.5 Å². The van der Waals surface area contributed by atoms with Gasteiger partial charge < -0.3 is 9.64 Å². The largest absolute Gasteiger partial charge is 0.469 e. The van der Waals surface area contributed by atoms with E-state index in [1.54, 1.807) is 0 Å². The molecule has 76 valence electrons. The molecule has 0 unspecified atom stereocenters. The van der Waals surface area contributed by atoms with Gasteiger partial charge in [0.1, 0.15) is 5.75 Å². The van der Waals surface area contributed by atoms with Crippen LogP contribution in [0, 0.1) is 0 Å². The van der Waals surface area contributed by atoms with Crippen LogP contribution in [0.3, 0.4) is 0 Å². The lowest BCUT2D eigenvalue weighted by Gasteiger charge is -2.36. The number of hydrogen-bond acceptors (Lipinski definition) is 2. The molecule has 0 radical (unpaired) electrons. The Hall–Kier alpha value is -1.18. The van der Waals surface area contributed by atoms with Crippen molar-refractivity contribution in [2.75, 3.05) is 4.90 Å². The number of benzene rings is 1. The topological polar surface area (TPSA) is 12.5 Å². The summed E-state index contributed by atoms with van der Waals surface area (Å²) in [5.74, 6) is 0.995. The summed E-state index contributed by atoms with van der Waals surface area (Å²) in [7, 11) is 0. The van der Waals surface area contributed by atoms with Gasteiger partial charge in [0.05, 0.1) is 5.69 Å². The fraction of sp³-hybridized carbons (Fsp3) is 0.500. The van der Waals surface area contributed by atoms with Crippen molar-refractivity contribution < 1.29 is 4.74 Å². The Kier molecular flexibility index (Phi) is 1.95. The summed E-state index contributed by atoms with van der Waals surface area (Å²) in [6.07, 6.45) is 0.132. The van der Waals surface area contributed by atoms with Crippen LogP contribution in [0.4, 0.5) is 5.69 Å². The van der Waals surface area contributed by atoms with Crippen molar-refractivity contribution in [1.82, 2.24) is 0 Å². The molecule has 0 amide bonds. The molecule has 2 nitrogen and oxygen atoms in total. The predicted octanol–water partition coefficient (Wildman–Crippen LogP) is 3.03. The van der Waals surface area contributed by atoms with Crippen molar-refractivity contribution in [2.24, 2.45) is 0 Å². The highest BCUT2D eigenvalue weighted by Crippen LogP contribution is 2.40. The third-order valence-electron chi connectivity index (χ3n) is 2.51. The highest BCUT2D eigenvalue weighted by molar-refractivity contribution is 5.63. The minimum absolute atomic E-state index is 0.103. The monoisotopic (exact) mass is 191 g/mol. The summed E-state index contributed by atoms with van der Waals surface area (Å²) in [4.78, 5) is 2.31. The molecule has 1 heterocycles. The van der Waals surface area contributed by atoms with E-state index in [9.17, 15) is 0 Å². The van der Waals surface area contributed by atoms with Crippen molar-refractivity contribution in [2.45, 2.75) is 39.5 Å². The molecule has 0 saturated heterocycles. The molecular formula is C12H17NO. The molecule has 2 heteroatoms. The summed E-state index contributed by atoms with van der Waals surface area (Å²) in [6.45, 7) is 8.70. The van der Waals surface area contributed by atoms with Gasteiger partial charge in [-0.15, -0.1) is 0 Å². The maximum Gasteiger partial charge on any atom is 0.170 e. The molecule has 0 N–H and O–H groups in total. The Morgan fingerprint density at radius 1 is 1.21 bits per heavy atom. The van der Waals surface area contributed by atoms with Gasteiger partial charge in [-0.3, -0.25) is 0 Å². The molecule has 1 aromatic rings. The van der Waals surface area contributed by atoms with E-state index >= 15 is 0 Å². The minimum atomic E-state index is 0.103. The second-order valence-electron chi connectivity index (χ2n) is 4.73. The first kappa shape index (κ1) is 9.38. The highest BCUT2D eigenvalue weighted by atomic mass is 16.5. The van der Waals surface area contributed by atoms with E-state index in [1.807, 2.05) is 12.1 Å². The maximum atomic E-state index is 5.77. The van der Waals surface area contributed by atoms with Gasteiger partial charge in [-0.2, -0.15) is 0 Å². The molecule has 0 spiro atoms. The molecule has 1 aromatic carbocycles. The zero-order chi connectivity index (χ0) is 10.3. The van der Waals surface area contributed by atoms with Gasteiger partial charge in [-0.1, -0.05) is 12.1 Å². The summed E-state index contributed by atoms with van der Waals surface area (Å²) in [5, 5.41) is 0. The number of ether oxygens (including phenoxy) is 1. The molecule has 1 aliphatic rings. The summed E-state index contributed by atoms with van der Waals surface area (Å²) in [5.41, 5.74) is 1.30. The summed E-state index contributed by atoms with van der Waals surface area (Å²) >= 11 is 0. The van der Waals surface area contributed by atoms with E-state index in [0.29, 0.717) is 0 Å². The van der Waals surface area contributed by atoms with Crippen LogP contribution in [0.5, 0.6) is 5.75 Å². The van der Waals surface area contributed by atoms with Crippen LogP contribution in [0.1, 0.15) is 27.7 Å². The standard InChI is InChI=1S/C12H17NO/c1-9-13(12(2,3)4)10-7-5-6-8-11(10)14-9/h5-9H,1-4H3/t9-/m1/s1. The average molecular weight is 191 g/mol. The van der Waals surface area contributed by atoms with Crippen LogP contribution < -0.4 is 9.64 Å². The van der Waals surface area contributed by atoms with Crippen molar-refractivity contribution in [1.29, 1.82) is 0 Å². The van der Waals surface area contributed by atoms with Crippen LogP contribution in [0.15, 0.2) is 24.3 Å². The first-order valence-electron chi connectivity index (χ1n) is 5.05. The SMILES string of the molecule is C[C@H]1Oc2ccccc2N1C(C)(C)C. The summed E-state index contributed by atoms with van der Waals surface area (Å²) in [6, 6.07) is 8.21. The predicted molar refractivity (Wildman–Crippen MR) is 58.8 cm³/mol. The van der Waals surface area contributed by atoms with E-state index < -0.39 is 0 Å². The van der Waals surface area contributed by atoms with Crippen molar-refractivity contribution in [3.8, 4) is 5.75 Å². The molecule has 14 heavy (non-hydrogen) atoms. The number of para-hydroxylation sites is 2. The van der Waals surface area contributed by atoms with E-state index in [1.165, 1.54) is 5.69 Å². The Morgan fingerprint density at radius 2 is 1.86 bits per heavy atom. The fourth-order valence-electron chi connectivity index (χ4n) is 2.09. The van der Waals surface area contributed by atoms with E-state index in [2.05, 4.69) is 44.7 Å². The van der Waals surface area contributed by atoms with Gasteiger partial charge in [0, 0.05) is 5.54 Å². The molecule has 1 aliphatic heterocycles. The first-order chi connectivity index (χ1) is 6.50. The zero-order valence-corrected chi connectivity index (χ0v) is 9.24. The van der Waals surface area contributed by atoms with Crippen LogP contribution in [0.25, 0.3) is 0 Å². The van der Waals surface area contributed by atoms with Gasteiger partial charge in [-0.25, -0.2) is 0 Å². The highest BCUT2D eigenvalue weighted by Gasteiger charge is 2.34. The number of nitrogens with zero attached hydrogens (tertiary/aromatic N) is 1. The zero-order valence-electron chi connectivity index (χ0n) is 9.24. The lowest BCUT2D eigenvalue weighted by atomic mass is 10.0. The van der Waals surface area contributed by atoms with Crippen molar-refractivity contribution >= 4 is 5.69 Å². The van der Waals surface area contributed by atoms with Gasteiger partial charge in [0.25, 0.3) is 0 Å². The lowest BCUT2D eigenvalue weighted by molar-refractivity contribution is 0.220. The lowest BCUT2D eigenvalue weighted by Crippen LogP contribution is -2.46. The number of hydrogen-bond donors (Lipinski definition) is 0. The Morgan fingerprint density at radius 3 is 2.50 bits per heavy atom. The molecule has 0 aromatic heterocycles. The quantitative estimate of drug-likeness (QED) is 0.625. The van der Waals surface area contributed by atoms with E-state index in [4.69, 9.17) is 4.74 Å². The second kappa shape index (κ2) is 2.91. The molecule has 2 rings (SSSR count). The van der Waals surface area contributed by atoms with Gasteiger partial charge in [0.2, 0.25) is 0 Å². The molecule has 0 aliphatic carbocycles. The van der Waals surface area contributed by atoms with Crippen LogP contribution >= 0.6 is 0 Å². The number of anilines is 1. The van der Waals surface area contributed by atoms with Crippen LogP contribution in [-0.4, -0.2) is 11.8 Å². The van der Waals surface area contributed by atoms with Gasteiger partial charge in [0.15, 0.2) is 6.23 Å². The fourth-order valence-corrected chi connectivity index (χ4v) is 2.09. The molecule has 0 saturated carbocycles. The molecule has 0 bridgehead atoms. The first-order valence-corrected chi connectivity index (χ1v) is 5.05. The van der Waals surface area contributed by atoms with Gasteiger partial charge >= 0.3 is 0 Å². The number of rotatable bonds is 0. The smallest absolute Gasteiger partial charge is 0.170 e. The third kappa shape index (κ3) is 1.35. The minimum Gasteiger partial charge on any atom is -0.469 e. The Bertz CT molecular complexity index is 340. The van der Waals surface area contributed by atoms with E-state index in [0.717, 1.165) is 5.75 Å². The van der Waals surface area contributed by atoms with Gasteiger partial charge in [-0.05, 0) is 39.8 Å². The normalized spacial score (nSPS) is 20.6. The van der Waals surface area contributed by atoms with Crippen LogP contribution in [-0.2, 0) is 0 Å². The number of fused-ring (bicyclic) bond motifs is 1. The van der Waals surface area contributed by atoms with E-state index in [-0.39, 0.29) is 11.8 Å². The summed E-state index contributed by atoms with van der Waals surface area (Å²) < 4.78 is 5.77. The third-order valence-corrected chi connectivity index (χ3v) is 2.51. The maximum absolute atomic E-state index is 5.77. The van der Waals surface area contributed by atoms with Crippen LogP contribution in [0.2, 0.25) is 0 Å². The molecule has 0 fully saturated rings. The average Bonchev–Trinajstić information content (AvgIpc) is 2.38. The Balaban J connectivity index is 2.45. The van der Waals surface area contributed by atoms with Crippen molar-refractivity contribution in [3.63, 3.8) is 0 Å². The molecular weight excluding hydrogens is 174 g/mol.